The number of carboxylic acid groups (broad SMARTS) is 1. The second-order valence-electron chi connectivity index (χ2n) is 7.60. The van der Waals surface area contributed by atoms with Crippen LogP contribution in [-0.2, 0) is 5.41 Å². The third-order valence-corrected chi connectivity index (χ3v) is 4.75. The Kier molecular flexibility index (Phi) is 4.23. The molecule has 4 heteroatoms. The minimum Gasteiger partial charge on any atom is -0.492 e. The number of fused-ring (bicyclic) bond motifs is 1. The number of aromatic carboxylic acids is 1. The third kappa shape index (κ3) is 2.97. The van der Waals surface area contributed by atoms with Crippen LogP contribution in [0.3, 0.4) is 0 Å². The summed E-state index contributed by atoms with van der Waals surface area (Å²) >= 11 is 0. The third-order valence-electron chi connectivity index (χ3n) is 4.75. The number of benzene rings is 2. The van der Waals surface area contributed by atoms with Crippen molar-refractivity contribution in [1.82, 2.24) is 0 Å². The second-order valence-corrected chi connectivity index (χ2v) is 7.60. The summed E-state index contributed by atoms with van der Waals surface area (Å²) in [6.07, 6.45) is 0. The number of ether oxygens (including phenoxy) is 1. The molecule has 4 nitrogen and oxygen atoms in total. The Hall–Kier alpha value is -2.49. The van der Waals surface area contributed by atoms with Crippen LogP contribution < -0.4 is 9.64 Å². The van der Waals surface area contributed by atoms with Crippen LogP contribution in [0.25, 0.3) is 0 Å². The van der Waals surface area contributed by atoms with Gasteiger partial charge in [-0.2, -0.15) is 0 Å². The molecule has 0 unspecified atom stereocenters. The van der Waals surface area contributed by atoms with Gasteiger partial charge in [0.2, 0.25) is 0 Å². The van der Waals surface area contributed by atoms with Gasteiger partial charge in [-0.25, -0.2) is 4.79 Å². The first-order valence-corrected chi connectivity index (χ1v) is 8.62. The minimum absolute atomic E-state index is 0.0505. The maximum Gasteiger partial charge on any atom is 0.337 e. The van der Waals surface area contributed by atoms with Crippen LogP contribution in [0.5, 0.6) is 5.75 Å². The molecule has 1 aliphatic heterocycles. The maximum atomic E-state index is 11.7. The molecule has 0 spiro atoms. The van der Waals surface area contributed by atoms with Crippen molar-refractivity contribution < 1.29 is 14.6 Å². The predicted molar refractivity (Wildman–Crippen MR) is 100 cm³/mol. The van der Waals surface area contributed by atoms with E-state index in [4.69, 9.17) is 4.74 Å². The average Bonchev–Trinajstić information content (AvgIpc) is 2.83. The first-order valence-electron chi connectivity index (χ1n) is 8.62. The number of hydrogen-bond donors (Lipinski definition) is 1. The quantitative estimate of drug-likeness (QED) is 0.860. The monoisotopic (exact) mass is 339 g/mol. The Morgan fingerprint density at radius 3 is 2.56 bits per heavy atom. The number of carboxylic acids is 1. The number of hydrogen-bond acceptors (Lipinski definition) is 3. The Labute approximate surface area is 149 Å². The summed E-state index contributed by atoms with van der Waals surface area (Å²) in [6, 6.07) is 11.5. The lowest BCUT2D eigenvalue weighted by Gasteiger charge is -2.31. The highest BCUT2D eigenvalue weighted by Crippen LogP contribution is 2.44. The largest absolute Gasteiger partial charge is 0.492 e. The predicted octanol–water partition coefficient (Wildman–Crippen LogP) is 4.91. The van der Waals surface area contributed by atoms with E-state index in [-0.39, 0.29) is 11.5 Å². The van der Waals surface area contributed by atoms with E-state index >= 15 is 0 Å². The zero-order valence-electron chi connectivity index (χ0n) is 15.5. The Bertz CT molecular complexity index is 824. The molecular weight excluding hydrogens is 314 g/mol. The summed E-state index contributed by atoms with van der Waals surface area (Å²) in [5.74, 6) is 0.0479. The summed E-state index contributed by atoms with van der Waals surface area (Å²) in [5.41, 5.74) is 4.23. The first-order chi connectivity index (χ1) is 11.7. The van der Waals surface area contributed by atoms with E-state index < -0.39 is 5.97 Å². The lowest BCUT2D eigenvalue weighted by atomic mass is 9.85. The molecule has 0 aromatic heterocycles. The summed E-state index contributed by atoms with van der Waals surface area (Å²) in [7, 11) is 0. The number of nitrogens with zero attached hydrogens (tertiary/aromatic N) is 1. The van der Waals surface area contributed by atoms with Crippen molar-refractivity contribution in [3.63, 3.8) is 0 Å². The van der Waals surface area contributed by atoms with Gasteiger partial charge in [0.1, 0.15) is 5.75 Å². The van der Waals surface area contributed by atoms with Gasteiger partial charge in [0.05, 0.1) is 17.9 Å². The SMILES string of the molecule is Cc1cc(N(c2ccccc2C(=O)O)C(C)C)cc2c1OCC2(C)C. The van der Waals surface area contributed by atoms with Gasteiger partial charge in [-0.3, -0.25) is 0 Å². The molecule has 2 aromatic carbocycles. The molecule has 0 bridgehead atoms. The first kappa shape index (κ1) is 17.3. The van der Waals surface area contributed by atoms with Crippen LogP contribution >= 0.6 is 0 Å². The van der Waals surface area contributed by atoms with E-state index in [9.17, 15) is 9.90 Å². The normalized spacial score (nSPS) is 15.0. The molecule has 1 heterocycles. The standard InChI is InChI=1S/C21H25NO3/c1-13(2)22(18-9-7-6-8-16(18)20(23)24)15-10-14(3)19-17(11-15)21(4,5)12-25-19/h6-11,13H,12H2,1-5H3,(H,23,24). The van der Waals surface area contributed by atoms with Crippen molar-refractivity contribution in [3.8, 4) is 5.75 Å². The van der Waals surface area contributed by atoms with E-state index in [0.29, 0.717) is 17.9 Å². The molecule has 1 N–H and O–H groups in total. The van der Waals surface area contributed by atoms with Crippen molar-refractivity contribution in [2.24, 2.45) is 0 Å². The van der Waals surface area contributed by atoms with Crippen LogP contribution in [0.1, 0.15) is 49.2 Å². The maximum absolute atomic E-state index is 11.7. The summed E-state index contributed by atoms with van der Waals surface area (Å²) in [5, 5.41) is 9.59. The molecule has 132 valence electrons. The van der Waals surface area contributed by atoms with Gasteiger partial charge in [-0.1, -0.05) is 26.0 Å². The van der Waals surface area contributed by atoms with E-state index in [0.717, 1.165) is 17.0 Å². The van der Waals surface area contributed by atoms with Gasteiger partial charge in [-0.05, 0) is 50.6 Å². The van der Waals surface area contributed by atoms with E-state index in [1.165, 1.54) is 5.56 Å². The fourth-order valence-corrected chi connectivity index (χ4v) is 3.50. The topological polar surface area (TPSA) is 49.8 Å². The fraction of sp³-hybridized carbons (Fsp3) is 0.381. The molecule has 0 atom stereocenters. The number of rotatable bonds is 4. The molecule has 0 saturated carbocycles. The number of aryl methyl sites for hydroxylation is 1. The molecule has 0 radical (unpaired) electrons. The lowest BCUT2D eigenvalue weighted by Crippen LogP contribution is -2.28. The van der Waals surface area contributed by atoms with E-state index in [1.807, 2.05) is 19.1 Å². The Morgan fingerprint density at radius 1 is 1.24 bits per heavy atom. The highest BCUT2D eigenvalue weighted by molar-refractivity contribution is 5.95. The van der Waals surface area contributed by atoms with Crippen LogP contribution in [0.15, 0.2) is 36.4 Å². The molecule has 2 aromatic rings. The zero-order valence-corrected chi connectivity index (χ0v) is 15.5. The number of anilines is 2. The molecule has 25 heavy (non-hydrogen) atoms. The molecular formula is C21H25NO3. The molecule has 0 fully saturated rings. The van der Waals surface area contributed by atoms with Gasteiger partial charge in [0.25, 0.3) is 0 Å². The zero-order chi connectivity index (χ0) is 18.4. The van der Waals surface area contributed by atoms with Gasteiger partial charge < -0.3 is 14.7 Å². The van der Waals surface area contributed by atoms with E-state index in [2.05, 4.69) is 44.7 Å². The van der Waals surface area contributed by atoms with Crippen LogP contribution in [0.2, 0.25) is 0 Å². The summed E-state index contributed by atoms with van der Waals surface area (Å²) in [4.78, 5) is 13.8. The molecule has 1 aliphatic rings. The van der Waals surface area contributed by atoms with Gasteiger partial charge in [-0.15, -0.1) is 0 Å². The lowest BCUT2D eigenvalue weighted by molar-refractivity contribution is 0.0697. The Morgan fingerprint density at radius 2 is 1.92 bits per heavy atom. The number of carbonyl (C=O) groups is 1. The van der Waals surface area contributed by atoms with Gasteiger partial charge in [0.15, 0.2) is 0 Å². The van der Waals surface area contributed by atoms with Crippen LogP contribution in [-0.4, -0.2) is 23.7 Å². The summed E-state index contributed by atoms with van der Waals surface area (Å²) in [6.45, 7) is 11.2. The smallest absolute Gasteiger partial charge is 0.337 e. The van der Waals surface area contributed by atoms with Crippen LogP contribution in [0.4, 0.5) is 11.4 Å². The molecule has 0 aliphatic carbocycles. The fourth-order valence-electron chi connectivity index (χ4n) is 3.50. The Balaban J connectivity index is 2.19. The van der Waals surface area contributed by atoms with Gasteiger partial charge >= 0.3 is 5.97 Å². The van der Waals surface area contributed by atoms with Crippen molar-refractivity contribution in [1.29, 1.82) is 0 Å². The highest BCUT2D eigenvalue weighted by Gasteiger charge is 2.34. The molecule has 3 rings (SSSR count). The number of para-hydroxylation sites is 1. The minimum atomic E-state index is -0.914. The van der Waals surface area contributed by atoms with Crippen molar-refractivity contribution in [2.75, 3.05) is 11.5 Å². The average molecular weight is 339 g/mol. The molecule has 0 amide bonds. The van der Waals surface area contributed by atoms with E-state index in [1.54, 1.807) is 12.1 Å². The van der Waals surface area contributed by atoms with Crippen LogP contribution in [0, 0.1) is 6.92 Å². The van der Waals surface area contributed by atoms with Crippen molar-refractivity contribution in [2.45, 2.75) is 46.1 Å². The second kappa shape index (κ2) is 6.10. The summed E-state index contributed by atoms with van der Waals surface area (Å²) < 4.78 is 5.89. The molecule has 0 saturated heterocycles. The highest BCUT2D eigenvalue weighted by atomic mass is 16.5. The van der Waals surface area contributed by atoms with Crippen molar-refractivity contribution >= 4 is 17.3 Å². The van der Waals surface area contributed by atoms with Gasteiger partial charge in [0, 0.05) is 22.7 Å². The van der Waals surface area contributed by atoms with Crippen molar-refractivity contribution in [3.05, 3.63) is 53.1 Å².